The number of nitrogens with zero attached hydrogens (tertiary/aromatic N) is 2. The number of aromatic amines is 1. The maximum absolute atomic E-state index is 4.83. The molecule has 0 bridgehead atoms. The van der Waals surface area contributed by atoms with Gasteiger partial charge in [-0.1, -0.05) is 124 Å². The van der Waals surface area contributed by atoms with Crippen LogP contribution in [-0.4, -0.2) is 15.2 Å². The summed E-state index contributed by atoms with van der Waals surface area (Å²) in [5.41, 5.74) is 8.15. The molecule has 4 aromatic carbocycles. The average Bonchev–Trinajstić information content (AvgIpc) is 3.35. The Morgan fingerprint density at radius 2 is 1.09 bits per heavy atom. The molecule has 0 spiro atoms. The standard InChI is InChI=1S/C30H27N3/c1-30(2,3)25-19-17-24(18-20-25)28-31-29(33-32-28)27-12-8-7-11-26(27)23-15-13-22(14-16-23)21-9-5-4-6-10-21/h4-20H,1-3H3,(H,31,32,33). The molecular weight excluding hydrogens is 402 g/mol. The topological polar surface area (TPSA) is 41.6 Å². The van der Waals surface area contributed by atoms with Crippen molar-refractivity contribution in [3.63, 3.8) is 0 Å². The lowest BCUT2D eigenvalue weighted by Gasteiger charge is -2.18. The zero-order chi connectivity index (χ0) is 22.8. The van der Waals surface area contributed by atoms with Crippen LogP contribution in [0.5, 0.6) is 0 Å². The summed E-state index contributed by atoms with van der Waals surface area (Å²) >= 11 is 0. The highest BCUT2D eigenvalue weighted by atomic mass is 15.2. The quantitative estimate of drug-likeness (QED) is 0.317. The monoisotopic (exact) mass is 429 g/mol. The van der Waals surface area contributed by atoms with E-state index >= 15 is 0 Å². The van der Waals surface area contributed by atoms with Crippen LogP contribution in [0.3, 0.4) is 0 Å². The lowest BCUT2D eigenvalue weighted by atomic mass is 9.87. The Labute approximate surface area is 195 Å². The molecule has 0 fully saturated rings. The summed E-state index contributed by atoms with van der Waals surface area (Å²) < 4.78 is 0. The summed E-state index contributed by atoms with van der Waals surface area (Å²) in [5, 5.41) is 7.68. The molecule has 0 atom stereocenters. The minimum Gasteiger partial charge on any atom is -0.259 e. The molecule has 0 saturated heterocycles. The van der Waals surface area contributed by atoms with Gasteiger partial charge in [-0.2, -0.15) is 5.10 Å². The minimum atomic E-state index is 0.125. The van der Waals surface area contributed by atoms with Gasteiger partial charge in [-0.05, 0) is 33.2 Å². The maximum Gasteiger partial charge on any atom is 0.182 e. The molecule has 1 N–H and O–H groups in total. The van der Waals surface area contributed by atoms with E-state index in [1.807, 2.05) is 12.1 Å². The molecule has 5 aromatic rings. The van der Waals surface area contributed by atoms with Crippen molar-refractivity contribution in [1.82, 2.24) is 15.2 Å². The minimum absolute atomic E-state index is 0.125. The smallest absolute Gasteiger partial charge is 0.182 e. The maximum atomic E-state index is 4.83. The molecule has 0 aliphatic rings. The highest BCUT2D eigenvalue weighted by Gasteiger charge is 2.15. The van der Waals surface area contributed by atoms with E-state index in [0.717, 1.165) is 28.1 Å². The predicted octanol–water partition coefficient (Wildman–Crippen LogP) is 7.77. The van der Waals surface area contributed by atoms with Crippen molar-refractivity contribution in [3.05, 3.63) is 109 Å². The van der Waals surface area contributed by atoms with Crippen molar-refractivity contribution in [2.24, 2.45) is 0 Å². The number of nitrogens with one attached hydrogen (secondary N) is 1. The van der Waals surface area contributed by atoms with E-state index in [2.05, 4.69) is 122 Å². The molecule has 0 radical (unpaired) electrons. The van der Waals surface area contributed by atoms with E-state index in [-0.39, 0.29) is 5.41 Å². The normalized spacial score (nSPS) is 11.5. The van der Waals surface area contributed by atoms with Gasteiger partial charge in [0.1, 0.15) is 0 Å². The van der Waals surface area contributed by atoms with Gasteiger partial charge in [-0.15, -0.1) is 0 Å². The zero-order valence-electron chi connectivity index (χ0n) is 19.2. The van der Waals surface area contributed by atoms with Gasteiger partial charge < -0.3 is 0 Å². The average molecular weight is 430 g/mol. The molecule has 33 heavy (non-hydrogen) atoms. The first kappa shape index (κ1) is 20.9. The summed E-state index contributed by atoms with van der Waals surface area (Å²) in [6.45, 7) is 6.66. The highest BCUT2D eigenvalue weighted by Crippen LogP contribution is 2.33. The van der Waals surface area contributed by atoms with Crippen LogP contribution in [0, 0.1) is 0 Å². The summed E-state index contributed by atoms with van der Waals surface area (Å²) in [7, 11) is 0. The molecule has 1 aromatic heterocycles. The molecule has 1 heterocycles. The fourth-order valence-electron chi connectivity index (χ4n) is 4.04. The predicted molar refractivity (Wildman–Crippen MR) is 137 cm³/mol. The van der Waals surface area contributed by atoms with E-state index in [1.54, 1.807) is 0 Å². The summed E-state index contributed by atoms with van der Waals surface area (Å²) in [6.07, 6.45) is 0. The van der Waals surface area contributed by atoms with Gasteiger partial charge in [0.05, 0.1) is 0 Å². The number of H-pyrrole nitrogens is 1. The van der Waals surface area contributed by atoms with Crippen molar-refractivity contribution >= 4 is 0 Å². The van der Waals surface area contributed by atoms with Gasteiger partial charge >= 0.3 is 0 Å². The van der Waals surface area contributed by atoms with Crippen LogP contribution in [0.25, 0.3) is 45.0 Å². The van der Waals surface area contributed by atoms with Gasteiger partial charge in [0.25, 0.3) is 0 Å². The molecule has 0 aliphatic heterocycles. The van der Waals surface area contributed by atoms with E-state index in [0.29, 0.717) is 5.82 Å². The van der Waals surface area contributed by atoms with Crippen LogP contribution in [0.4, 0.5) is 0 Å². The highest BCUT2D eigenvalue weighted by molar-refractivity contribution is 5.82. The van der Waals surface area contributed by atoms with Crippen molar-refractivity contribution in [2.75, 3.05) is 0 Å². The Hall–Kier alpha value is -3.98. The molecule has 0 unspecified atom stereocenters. The van der Waals surface area contributed by atoms with Crippen LogP contribution < -0.4 is 0 Å². The van der Waals surface area contributed by atoms with Crippen LogP contribution in [0.2, 0.25) is 0 Å². The summed E-state index contributed by atoms with van der Waals surface area (Å²) in [6, 6.07) is 36.0. The Balaban J connectivity index is 1.46. The summed E-state index contributed by atoms with van der Waals surface area (Å²) in [5.74, 6) is 1.48. The van der Waals surface area contributed by atoms with Gasteiger partial charge in [0.15, 0.2) is 11.6 Å². The SMILES string of the molecule is CC(C)(C)c1ccc(-c2nc(-c3ccccc3-c3ccc(-c4ccccc4)cc3)n[nH]2)cc1. The first-order valence-corrected chi connectivity index (χ1v) is 11.3. The number of rotatable bonds is 4. The molecule has 3 nitrogen and oxygen atoms in total. The fraction of sp³-hybridized carbons (Fsp3) is 0.133. The Morgan fingerprint density at radius 1 is 0.545 bits per heavy atom. The molecule has 0 amide bonds. The van der Waals surface area contributed by atoms with Crippen LogP contribution in [0.15, 0.2) is 103 Å². The van der Waals surface area contributed by atoms with E-state index in [4.69, 9.17) is 4.98 Å². The Morgan fingerprint density at radius 3 is 1.76 bits per heavy atom. The first-order chi connectivity index (χ1) is 16.0. The number of benzene rings is 4. The summed E-state index contributed by atoms with van der Waals surface area (Å²) in [4.78, 5) is 4.83. The van der Waals surface area contributed by atoms with Crippen molar-refractivity contribution in [2.45, 2.75) is 26.2 Å². The second-order valence-corrected chi connectivity index (χ2v) is 9.32. The third-order valence-electron chi connectivity index (χ3n) is 5.98. The largest absolute Gasteiger partial charge is 0.259 e. The van der Waals surface area contributed by atoms with Crippen LogP contribution >= 0.6 is 0 Å². The molecule has 162 valence electrons. The Bertz CT molecular complexity index is 1360. The van der Waals surface area contributed by atoms with Crippen LogP contribution in [0.1, 0.15) is 26.3 Å². The number of aromatic nitrogens is 3. The second kappa shape index (κ2) is 8.51. The zero-order valence-corrected chi connectivity index (χ0v) is 19.2. The third kappa shape index (κ3) is 4.35. The van der Waals surface area contributed by atoms with Crippen LogP contribution in [-0.2, 0) is 5.41 Å². The first-order valence-electron chi connectivity index (χ1n) is 11.3. The molecule has 0 saturated carbocycles. The second-order valence-electron chi connectivity index (χ2n) is 9.32. The van der Waals surface area contributed by atoms with Crippen molar-refractivity contribution < 1.29 is 0 Å². The molecule has 5 rings (SSSR count). The fourth-order valence-corrected chi connectivity index (χ4v) is 4.04. The van der Waals surface area contributed by atoms with E-state index < -0.39 is 0 Å². The van der Waals surface area contributed by atoms with Gasteiger partial charge in [-0.3, -0.25) is 5.10 Å². The molecule has 0 aliphatic carbocycles. The lowest BCUT2D eigenvalue weighted by Crippen LogP contribution is -2.10. The van der Waals surface area contributed by atoms with E-state index in [1.165, 1.54) is 16.7 Å². The van der Waals surface area contributed by atoms with Crippen molar-refractivity contribution in [3.8, 4) is 45.0 Å². The Kier molecular flexibility index (Phi) is 5.39. The van der Waals surface area contributed by atoms with Gasteiger partial charge in [0.2, 0.25) is 0 Å². The third-order valence-corrected chi connectivity index (χ3v) is 5.98. The van der Waals surface area contributed by atoms with Gasteiger partial charge in [-0.25, -0.2) is 4.98 Å². The molecule has 3 heteroatoms. The van der Waals surface area contributed by atoms with Gasteiger partial charge in [0, 0.05) is 11.1 Å². The number of hydrogen-bond acceptors (Lipinski definition) is 2. The van der Waals surface area contributed by atoms with E-state index in [9.17, 15) is 0 Å². The lowest BCUT2D eigenvalue weighted by molar-refractivity contribution is 0.590. The number of hydrogen-bond donors (Lipinski definition) is 1. The van der Waals surface area contributed by atoms with Crippen molar-refractivity contribution in [1.29, 1.82) is 0 Å². The molecular formula is C30H27N3.